The zero-order valence-electron chi connectivity index (χ0n) is 20.6. The van der Waals surface area contributed by atoms with Crippen LogP contribution in [-0.2, 0) is 11.3 Å². The average Bonchev–Trinajstić information content (AvgIpc) is 3.12. The molecule has 4 heterocycles. The zero-order chi connectivity index (χ0) is 26.3. The van der Waals surface area contributed by atoms with Gasteiger partial charge in [-0.25, -0.2) is 24.8 Å². The van der Waals surface area contributed by atoms with Gasteiger partial charge in [-0.3, -0.25) is 14.7 Å². The Labute approximate surface area is 212 Å². The van der Waals surface area contributed by atoms with Gasteiger partial charge in [-0.05, 0) is 37.7 Å². The first kappa shape index (κ1) is 25.0. The SMILES string of the molecule is COc1cccc(-c2cc(F)ccc2[C@H]2Cc3nc(N)nc(C)c3C(NO[C@@H]3[C@H](O)[C@@H](O)CN3C)=N2)n1. The second-order valence-electron chi connectivity index (χ2n) is 9.09. The average molecular weight is 510 g/mol. The number of methoxy groups -OCH3 is 1. The van der Waals surface area contributed by atoms with Crippen LogP contribution >= 0.6 is 0 Å². The van der Waals surface area contributed by atoms with Crippen molar-refractivity contribution in [3.63, 3.8) is 0 Å². The third-order valence-electron chi connectivity index (χ3n) is 6.55. The molecular weight excluding hydrogens is 481 g/mol. The van der Waals surface area contributed by atoms with Gasteiger partial charge < -0.3 is 20.7 Å². The lowest BCUT2D eigenvalue weighted by molar-refractivity contribution is -0.116. The van der Waals surface area contributed by atoms with Crippen molar-refractivity contribution in [2.75, 3.05) is 26.4 Å². The van der Waals surface area contributed by atoms with Crippen molar-refractivity contribution in [3.8, 4) is 17.1 Å². The number of hydroxylamine groups is 1. The number of nitrogens with one attached hydrogen (secondary N) is 1. The quantitative estimate of drug-likeness (QED) is 0.369. The number of hydrogen-bond donors (Lipinski definition) is 4. The normalized spacial score (nSPS) is 23.5. The number of aliphatic hydroxyl groups excluding tert-OH is 2. The molecule has 0 bridgehead atoms. The number of amidine groups is 1. The number of fused-ring (bicyclic) bond motifs is 1. The highest BCUT2D eigenvalue weighted by molar-refractivity contribution is 6.01. The first-order chi connectivity index (χ1) is 17.7. The van der Waals surface area contributed by atoms with Crippen LogP contribution in [0.1, 0.15) is 28.6 Å². The number of rotatable bonds is 5. The maximum Gasteiger partial charge on any atom is 0.220 e. The van der Waals surface area contributed by atoms with Gasteiger partial charge in [-0.15, -0.1) is 0 Å². The third kappa shape index (κ3) is 4.83. The molecule has 0 aliphatic carbocycles. The predicted molar refractivity (Wildman–Crippen MR) is 133 cm³/mol. The van der Waals surface area contributed by atoms with Crippen LogP contribution in [0.3, 0.4) is 0 Å². The summed E-state index contributed by atoms with van der Waals surface area (Å²) in [5.41, 5.74) is 12.5. The summed E-state index contributed by atoms with van der Waals surface area (Å²) in [5.74, 6) is 0.447. The number of ether oxygens (including phenoxy) is 1. The molecule has 5 N–H and O–H groups in total. The highest BCUT2D eigenvalue weighted by Gasteiger charge is 2.40. The fourth-order valence-corrected chi connectivity index (χ4v) is 4.77. The van der Waals surface area contributed by atoms with Crippen molar-refractivity contribution in [2.45, 2.75) is 37.8 Å². The first-order valence-electron chi connectivity index (χ1n) is 11.7. The van der Waals surface area contributed by atoms with Crippen LogP contribution in [0, 0.1) is 12.7 Å². The monoisotopic (exact) mass is 509 g/mol. The number of nitrogen functional groups attached to an aromatic ring is 1. The first-order valence-corrected chi connectivity index (χ1v) is 11.7. The van der Waals surface area contributed by atoms with Crippen LogP contribution in [0.25, 0.3) is 11.3 Å². The van der Waals surface area contributed by atoms with E-state index in [0.717, 1.165) is 5.56 Å². The number of aryl methyl sites for hydroxylation is 1. The summed E-state index contributed by atoms with van der Waals surface area (Å²) >= 11 is 0. The van der Waals surface area contributed by atoms with Gasteiger partial charge in [0.25, 0.3) is 0 Å². The number of likely N-dealkylation sites (N-methyl/N-ethyl adjacent to an activating group) is 1. The highest BCUT2D eigenvalue weighted by Crippen LogP contribution is 2.36. The van der Waals surface area contributed by atoms with E-state index in [1.165, 1.54) is 19.2 Å². The summed E-state index contributed by atoms with van der Waals surface area (Å²) in [6, 6.07) is 9.24. The molecule has 2 aliphatic heterocycles. The molecule has 2 aliphatic rings. The number of likely N-dealkylation sites (tertiary alicyclic amines) is 1. The van der Waals surface area contributed by atoms with Crippen LogP contribution in [0.2, 0.25) is 0 Å². The van der Waals surface area contributed by atoms with Crippen molar-refractivity contribution in [1.29, 1.82) is 0 Å². The maximum atomic E-state index is 14.4. The van der Waals surface area contributed by atoms with E-state index in [0.29, 0.717) is 46.3 Å². The van der Waals surface area contributed by atoms with Crippen molar-refractivity contribution >= 4 is 11.8 Å². The molecule has 0 radical (unpaired) electrons. The van der Waals surface area contributed by atoms with Crippen LogP contribution in [-0.4, -0.2) is 75.0 Å². The fourth-order valence-electron chi connectivity index (χ4n) is 4.77. The Bertz CT molecular complexity index is 1350. The minimum atomic E-state index is -1.11. The number of β-amino-alcohol motifs (C(OH)–C–C–N with tert-alkyl or cyclic N) is 1. The molecule has 5 rings (SSSR count). The van der Waals surface area contributed by atoms with Crippen LogP contribution in [0.15, 0.2) is 41.4 Å². The van der Waals surface area contributed by atoms with Gasteiger partial charge in [0.15, 0.2) is 12.1 Å². The molecule has 0 spiro atoms. The highest BCUT2D eigenvalue weighted by atomic mass is 19.1. The minimum absolute atomic E-state index is 0.125. The van der Waals surface area contributed by atoms with Crippen LogP contribution < -0.4 is 16.0 Å². The molecule has 0 unspecified atom stereocenters. The smallest absolute Gasteiger partial charge is 0.220 e. The predicted octanol–water partition coefficient (Wildman–Crippen LogP) is 1.14. The Morgan fingerprint density at radius 3 is 2.70 bits per heavy atom. The van der Waals surface area contributed by atoms with E-state index < -0.39 is 30.3 Å². The van der Waals surface area contributed by atoms with E-state index in [1.54, 1.807) is 43.1 Å². The number of pyridine rings is 1. The molecule has 1 fully saturated rings. The molecule has 37 heavy (non-hydrogen) atoms. The Kier molecular flexibility index (Phi) is 6.73. The largest absolute Gasteiger partial charge is 0.481 e. The molecule has 0 saturated carbocycles. The molecular formula is C25H28FN7O4. The molecule has 12 heteroatoms. The van der Waals surface area contributed by atoms with E-state index >= 15 is 0 Å². The molecule has 4 atom stereocenters. The Balaban J connectivity index is 1.56. The summed E-state index contributed by atoms with van der Waals surface area (Å²) in [4.78, 5) is 25.6. The van der Waals surface area contributed by atoms with Crippen molar-refractivity contribution in [2.24, 2.45) is 4.99 Å². The number of hydrogen-bond acceptors (Lipinski definition) is 11. The number of nitrogens with two attached hydrogens (primary N) is 1. The molecule has 1 aromatic carbocycles. The maximum absolute atomic E-state index is 14.4. The molecule has 194 valence electrons. The number of benzene rings is 1. The number of aliphatic hydroxyl groups is 2. The van der Waals surface area contributed by atoms with Gasteiger partial charge in [0.05, 0.1) is 41.9 Å². The fraction of sp³-hybridized carbons (Fsp3) is 0.360. The third-order valence-corrected chi connectivity index (χ3v) is 6.55. The molecule has 3 aromatic rings. The van der Waals surface area contributed by atoms with Gasteiger partial charge in [0, 0.05) is 24.6 Å². The number of nitrogens with zero attached hydrogens (tertiary/aromatic N) is 5. The lowest BCUT2D eigenvalue weighted by Crippen LogP contribution is -2.43. The van der Waals surface area contributed by atoms with Crippen LogP contribution in [0.5, 0.6) is 5.88 Å². The molecule has 2 aromatic heterocycles. The van der Waals surface area contributed by atoms with E-state index in [2.05, 4.69) is 20.4 Å². The van der Waals surface area contributed by atoms with Crippen molar-refractivity contribution in [3.05, 3.63) is 64.7 Å². The van der Waals surface area contributed by atoms with E-state index in [9.17, 15) is 14.6 Å². The molecule has 0 amide bonds. The van der Waals surface area contributed by atoms with Crippen molar-refractivity contribution < 1.29 is 24.2 Å². The minimum Gasteiger partial charge on any atom is -0.481 e. The Morgan fingerprint density at radius 1 is 1.16 bits per heavy atom. The number of halogens is 1. The van der Waals surface area contributed by atoms with Gasteiger partial charge in [0.1, 0.15) is 11.9 Å². The van der Waals surface area contributed by atoms with E-state index in [4.69, 9.17) is 20.3 Å². The Hall–Kier alpha value is -3.71. The second-order valence-corrected chi connectivity index (χ2v) is 9.09. The standard InChI is InChI=1S/C25H28FN7O4/c1-12-21-18(31-25(27)28-12)10-17(30-23(21)32-37-24-22(35)19(34)11-33(24)2)14-8-7-13(26)9-15(14)16-5-4-6-20(29-16)36-3/h4-9,17,19,22,24,34-35H,10-11H2,1-3H3,(H,30,32)(H2,27,28,31)/t17-,19+,22-,24-/m1/s1. The van der Waals surface area contributed by atoms with Gasteiger partial charge in [0.2, 0.25) is 11.8 Å². The topological polar surface area (TPSA) is 151 Å². The summed E-state index contributed by atoms with van der Waals surface area (Å²) in [5, 5.41) is 20.3. The number of aromatic nitrogens is 3. The zero-order valence-corrected chi connectivity index (χ0v) is 20.6. The summed E-state index contributed by atoms with van der Waals surface area (Å²) in [7, 11) is 3.25. The second kappa shape index (κ2) is 9.98. The summed E-state index contributed by atoms with van der Waals surface area (Å²) < 4.78 is 19.6. The number of aliphatic imine (C=N–C) groups is 1. The van der Waals surface area contributed by atoms with Crippen LogP contribution in [0.4, 0.5) is 10.3 Å². The lowest BCUT2D eigenvalue weighted by atomic mass is 9.91. The van der Waals surface area contributed by atoms with Gasteiger partial charge >= 0.3 is 0 Å². The van der Waals surface area contributed by atoms with Crippen molar-refractivity contribution in [1.82, 2.24) is 25.3 Å². The van der Waals surface area contributed by atoms with Gasteiger partial charge in [-0.1, -0.05) is 12.1 Å². The summed E-state index contributed by atoms with van der Waals surface area (Å²) in [6.07, 6.45) is -2.48. The van der Waals surface area contributed by atoms with E-state index in [1.807, 2.05) is 0 Å². The molecule has 11 nitrogen and oxygen atoms in total. The lowest BCUT2D eigenvalue weighted by Gasteiger charge is -2.28. The van der Waals surface area contributed by atoms with E-state index in [-0.39, 0.29) is 12.5 Å². The van der Waals surface area contributed by atoms with Gasteiger partial charge in [-0.2, -0.15) is 0 Å². The Morgan fingerprint density at radius 2 is 1.97 bits per heavy atom. The molecule has 1 saturated heterocycles. The summed E-state index contributed by atoms with van der Waals surface area (Å²) in [6.45, 7) is 2.04. The number of anilines is 1.